The van der Waals surface area contributed by atoms with Gasteiger partial charge in [0, 0.05) is 44.0 Å². The van der Waals surface area contributed by atoms with Crippen LogP contribution in [0.25, 0.3) is 16.7 Å². The molecule has 2 aliphatic heterocycles. The van der Waals surface area contributed by atoms with E-state index in [9.17, 15) is 4.79 Å². The molecule has 0 aliphatic carbocycles. The summed E-state index contributed by atoms with van der Waals surface area (Å²) in [6.45, 7) is 11.1. The highest BCUT2D eigenvalue weighted by atomic mass is 16.5. The van der Waals surface area contributed by atoms with Gasteiger partial charge in [0.2, 0.25) is 0 Å². The third-order valence-electron chi connectivity index (χ3n) is 7.00. The van der Waals surface area contributed by atoms with Crippen LogP contribution in [0.2, 0.25) is 0 Å². The van der Waals surface area contributed by atoms with Crippen molar-refractivity contribution >= 4 is 16.9 Å². The van der Waals surface area contributed by atoms with Crippen molar-refractivity contribution in [2.24, 2.45) is 5.92 Å². The number of carbonyl (C=O) groups excluding carboxylic acids is 1. The molecule has 174 valence electrons. The fourth-order valence-corrected chi connectivity index (χ4v) is 5.54. The number of ether oxygens (including phenoxy) is 1. The molecule has 1 aromatic heterocycles. The summed E-state index contributed by atoms with van der Waals surface area (Å²) in [5.74, 6) is 1.70. The number of piperidine rings is 1. The molecule has 0 spiro atoms. The minimum Gasteiger partial charge on any atom is -0.373 e. The van der Waals surface area contributed by atoms with E-state index in [1.165, 1.54) is 0 Å². The van der Waals surface area contributed by atoms with Crippen LogP contribution in [-0.4, -0.2) is 70.2 Å². The number of nitrogens with zero attached hydrogens (tertiary/aromatic N) is 4. The number of morpholine rings is 1. The first-order valence-corrected chi connectivity index (χ1v) is 12.2. The van der Waals surface area contributed by atoms with E-state index >= 15 is 0 Å². The van der Waals surface area contributed by atoms with Crippen LogP contribution in [0, 0.1) is 12.8 Å². The molecule has 3 aromatic rings. The van der Waals surface area contributed by atoms with Crippen molar-refractivity contribution in [1.82, 2.24) is 19.4 Å². The molecule has 2 fully saturated rings. The van der Waals surface area contributed by atoms with Crippen LogP contribution < -0.4 is 0 Å². The number of likely N-dealkylation sites (tertiary alicyclic amines) is 1. The average molecular weight is 447 g/mol. The number of aryl methyl sites for hydroxylation is 1. The van der Waals surface area contributed by atoms with E-state index in [1.54, 1.807) is 0 Å². The predicted molar refractivity (Wildman–Crippen MR) is 131 cm³/mol. The Hall–Kier alpha value is -2.70. The number of benzene rings is 2. The van der Waals surface area contributed by atoms with Gasteiger partial charge in [0.05, 0.1) is 23.2 Å². The summed E-state index contributed by atoms with van der Waals surface area (Å²) < 4.78 is 8.01. The van der Waals surface area contributed by atoms with Gasteiger partial charge in [-0.25, -0.2) is 4.98 Å². The monoisotopic (exact) mass is 446 g/mol. The Morgan fingerprint density at radius 3 is 2.42 bits per heavy atom. The van der Waals surface area contributed by atoms with Crippen LogP contribution in [0.3, 0.4) is 0 Å². The third kappa shape index (κ3) is 4.68. The SMILES string of the molecule is Cc1nc2cc(C(=O)N3CCC(CN4CC(C)OC(C)C4)CC3)ccc2n1-c1ccccc1. The lowest BCUT2D eigenvalue weighted by atomic mass is 9.95. The highest BCUT2D eigenvalue weighted by molar-refractivity contribution is 5.97. The van der Waals surface area contributed by atoms with E-state index in [0.717, 1.165) is 73.7 Å². The zero-order chi connectivity index (χ0) is 22.9. The second kappa shape index (κ2) is 9.27. The minimum atomic E-state index is 0.121. The van der Waals surface area contributed by atoms with Gasteiger partial charge >= 0.3 is 0 Å². The summed E-state index contributed by atoms with van der Waals surface area (Å²) in [6, 6.07) is 16.2. The fraction of sp³-hybridized carbons (Fsp3) is 0.481. The highest BCUT2D eigenvalue weighted by Gasteiger charge is 2.28. The molecule has 1 amide bonds. The molecule has 2 saturated heterocycles. The van der Waals surface area contributed by atoms with Crippen molar-refractivity contribution in [3.05, 3.63) is 59.9 Å². The van der Waals surface area contributed by atoms with Crippen molar-refractivity contribution in [2.75, 3.05) is 32.7 Å². The van der Waals surface area contributed by atoms with Crippen molar-refractivity contribution in [2.45, 2.75) is 45.8 Å². The summed E-state index contributed by atoms with van der Waals surface area (Å²) in [7, 11) is 0. The van der Waals surface area contributed by atoms with Crippen molar-refractivity contribution < 1.29 is 9.53 Å². The molecule has 6 nitrogen and oxygen atoms in total. The number of hydrogen-bond donors (Lipinski definition) is 0. The number of aromatic nitrogens is 2. The zero-order valence-electron chi connectivity index (χ0n) is 19.9. The van der Waals surface area contributed by atoms with Gasteiger partial charge in [-0.3, -0.25) is 14.3 Å². The molecular formula is C27H34N4O2. The molecule has 33 heavy (non-hydrogen) atoms. The van der Waals surface area contributed by atoms with Gasteiger partial charge < -0.3 is 9.64 Å². The highest BCUT2D eigenvalue weighted by Crippen LogP contribution is 2.25. The van der Waals surface area contributed by atoms with Crippen LogP contribution in [0.5, 0.6) is 0 Å². The molecular weight excluding hydrogens is 412 g/mol. The average Bonchev–Trinajstić information content (AvgIpc) is 3.14. The van der Waals surface area contributed by atoms with Gasteiger partial charge in [0.1, 0.15) is 5.82 Å². The molecule has 2 unspecified atom stereocenters. The Kier molecular flexibility index (Phi) is 6.21. The number of amides is 1. The molecule has 0 radical (unpaired) electrons. The van der Waals surface area contributed by atoms with Gasteiger partial charge in [-0.05, 0) is 69.9 Å². The van der Waals surface area contributed by atoms with E-state index in [-0.39, 0.29) is 5.91 Å². The lowest BCUT2D eigenvalue weighted by Gasteiger charge is -2.39. The normalized spacial score (nSPS) is 22.7. The number of rotatable bonds is 4. The summed E-state index contributed by atoms with van der Waals surface area (Å²) >= 11 is 0. The molecule has 5 rings (SSSR count). The Morgan fingerprint density at radius 2 is 1.73 bits per heavy atom. The summed E-state index contributed by atoms with van der Waals surface area (Å²) in [6.07, 6.45) is 2.74. The molecule has 2 atom stereocenters. The van der Waals surface area contributed by atoms with Gasteiger partial charge in [0.25, 0.3) is 5.91 Å². The van der Waals surface area contributed by atoms with E-state index in [1.807, 2.05) is 48.2 Å². The summed E-state index contributed by atoms with van der Waals surface area (Å²) in [5.41, 5.74) is 3.72. The first kappa shape index (κ1) is 22.1. The Morgan fingerprint density at radius 1 is 1.03 bits per heavy atom. The molecule has 6 heteroatoms. The van der Waals surface area contributed by atoms with Gasteiger partial charge in [-0.15, -0.1) is 0 Å². The van der Waals surface area contributed by atoms with Crippen LogP contribution in [0.15, 0.2) is 48.5 Å². The van der Waals surface area contributed by atoms with Crippen LogP contribution in [0.4, 0.5) is 0 Å². The molecule has 3 heterocycles. The lowest BCUT2D eigenvalue weighted by Crippen LogP contribution is -2.48. The zero-order valence-corrected chi connectivity index (χ0v) is 19.9. The van der Waals surface area contributed by atoms with Crippen LogP contribution >= 0.6 is 0 Å². The van der Waals surface area contributed by atoms with Crippen molar-refractivity contribution in [1.29, 1.82) is 0 Å². The maximum atomic E-state index is 13.3. The fourth-order valence-electron chi connectivity index (χ4n) is 5.54. The van der Waals surface area contributed by atoms with Crippen LogP contribution in [-0.2, 0) is 4.74 Å². The smallest absolute Gasteiger partial charge is 0.253 e. The Bertz CT molecular complexity index is 1110. The van der Waals surface area contributed by atoms with E-state index in [4.69, 9.17) is 9.72 Å². The third-order valence-corrected chi connectivity index (χ3v) is 7.00. The predicted octanol–water partition coefficient (Wildman–Crippen LogP) is 4.30. The Balaban J connectivity index is 1.24. The quantitative estimate of drug-likeness (QED) is 0.600. The lowest BCUT2D eigenvalue weighted by molar-refractivity contribution is -0.0728. The van der Waals surface area contributed by atoms with E-state index in [2.05, 4.69) is 35.4 Å². The van der Waals surface area contributed by atoms with Gasteiger partial charge in [-0.2, -0.15) is 0 Å². The summed E-state index contributed by atoms with van der Waals surface area (Å²) in [5, 5.41) is 0. The second-order valence-corrected chi connectivity index (χ2v) is 9.74. The largest absolute Gasteiger partial charge is 0.373 e. The van der Waals surface area contributed by atoms with Crippen molar-refractivity contribution in [3.63, 3.8) is 0 Å². The van der Waals surface area contributed by atoms with Crippen molar-refractivity contribution in [3.8, 4) is 5.69 Å². The van der Waals surface area contributed by atoms with Crippen LogP contribution in [0.1, 0.15) is 42.9 Å². The topological polar surface area (TPSA) is 50.6 Å². The molecule has 2 aromatic carbocycles. The van der Waals surface area contributed by atoms with E-state index in [0.29, 0.717) is 18.1 Å². The number of fused-ring (bicyclic) bond motifs is 1. The number of hydrogen-bond acceptors (Lipinski definition) is 4. The Labute approximate surface area is 196 Å². The minimum absolute atomic E-state index is 0.121. The van der Waals surface area contributed by atoms with Gasteiger partial charge in [-0.1, -0.05) is 18.2 Å². The molecule has 0 bridgehead atoms. The number of imidazole rings is 1. The maximum absolute atomic E-state index is 13.3. The first-order chi connectivity index (χ1) is 16.0. The second-order valence-electron chi connectivity index (χ2n) is 9.74. The summed E-state index contributed by atoms with van der Waals surface area (Å²) in [4.78, 5) is 22.6. The molecule has 0 N–H and O–H groups in total. The van der Waals surface area contributed by atoms with E-state index < -0.39 is 0 Å². The van der Waals surface area contributed by atoms with Gasteiger partial charge in [0.15, 0.2) is 0 Å². The standard InChI is InChI=1S/C27H34N4O2/c1-19-16-29(17-20(2)33-19)18-22-11-13-30(14-12-22)27(32)23-9-10-26-25(15-23)28-21(3)31(26)24-7-5-4-6-8-24/h4-10,15,19-20,22H,11-14,16-18H2,1-3H3. The number of carbonyl (C=O) groups is 1. The maximum Gasteiger partial charge on any atom is 0.253 e. The molecule has 2 aliphatic rings. The number of para-hydroxylation sites is 1. The first-order valence-electron chi connectivity index (χ1n) is 12.2. The molecule has 0 saturated carbocycles.